The fourth-order valence-electron chi connectivity index (χ4n) is 1.38. The summed E-state index contributed by atoms with van der Waals surface area (Å²) in [6.45, 7) is 7.15. The van der Waals surface area contributed by atoms with Crippen LogP contribution in [0, 0.1) is 0 Å². The van der Waals surface area contributed by atoms with E-state index in [9.17, 15) is 4.79 Å². The van der Waals surface area contributed by atoms with Crippen LogP contribution in [0.25, 0.3) is 0 Å². The maximum atomic E-state index is 11.8. The molecule has 0 aliphatic heterocycles. The van der Waals surface area contributed by atoms with E-state index >= 15 is 0 Å². The highest BCUT2D eigenvalue weighted by atomic mass is 16.5. The number of rotatable bonds is 9. The molecule has 2 amide bonds. The van der Waals surface area contributed by atoms with Crippen LogP contribution in [0.15, 0.2) is 0 Å². The molecular formula is C12H26N2O2. The van der Waals surface area contributed by atoms with Crippen LogP contribution in [0.5, 0.6) is 0 Å². The van der Waals surface area contributed by atoms with Crippen molar-refractivity contribution in [3.63, 3.8) is 0 Å². The number of unbranched alkanes of at least 4 members (excludes halogenated alkanes) is 2. The molecule has 0 radical (unpaired) electrons. The molecule has 16 heavy (non-hydrogen) atoms. The molecule has 0 fully saturated rings. The van der Waals surface area contributed by atoms with Crippen molar-refractivity contribution in [3.8, 4) is 0 Å². The molecule has 0 aromatic heterocycles. The van der Waals surface area contributed by atoms with Crippen molar-refractivity contribution in [1.29, 1.82) is 0 Å². The van der Waals surface area contributed by atoms with E-state index in [1.54, 1.807) is 7.11 Å². The topological polar surface area (TPSA) is 41.6 Å². The molecule has 0 aromatic rings. The molecule has 96 valence electrons. The molecule has 1 N–H and O–H groups in total. The third-order valence-corrected chi connectivity index (χ3v) is 2.43. The van der Waals surface area contributed by atoms with Crippen LogP contribution >= 0.6 is 0 Å². The highest BCUT2D eigenvalue weighted by molar-refractivity contribution is 5.74. The number of amides is 2. The lowest BCUT2D eigenvalue weighted by molar-refractivity contribution is 0.178. The highest BCUT2D eigenvalue weighted by Gasteiger charge is 2.10. The van der Waals surface area contributed by atoms with Crippen molar-refractivity contribution >= 4 is 6.03 Å². The first kappa shape index (κ1) is 15.2. The zero-order chi connectivity index (χ0) is 12.2. The first-order valence-electron chi connectivity index (χ1n) is 6.27. The number of carbonyl (C=O) groups is 1. The number of ether oxygens (including phenoxy) is 1. The predicted octanol–water partition coefficient (Wildman–Crippen LogP) is 2.24. The molecule has 0 aromatic carbocycles. The summed E-state index contributed by atoms with van der Waals surface area (Å²) in [6.07, 6.45) is 4.38. The first-order valence-corrected chi connectivity index (χ1v) is 6.27. The van der Waals surface area contributed by atoms with Gasteiger partial charge in [-0.15, -0.1) is 0 Å². The third-order valence-electron chi connectivity index (χ3n) is 2.43. The fraction of sp³-hybridized carbons (Fsp3) is 0.917. The zero-order valence-corrected chi connectivity index (χ0v) is 10.9. The van der Waals surface area contributed by atoms with E-state index in [0.717, 1.165) is 38.8 Å². The minimum Gasteiger partial charge on any atom is -0.383 e. The minimum absolute atomic E-state index is 0.0407. The quantitative estimate of drug-likeness (QED) is 0.617. The van der Waals surface area contributed by atoms with E-state index in [4.69, 9.17) is 4.74 Å². The van der Waals surface area contributed by atoms with Gasteiger partial charge in [0.1, 0.15) is 0 Å². The predicted molar refractivity (Wildman–Crippen MR) is 66.7 cm³/mol. The molecule has 0 unspecified atom stereocenters. The number of hydrogen-bond donors (Lipinski definition) is 1. The molecule has 0 saturated carbocycles. The molecule has 0 aliphatic carbocycles. The second-order valence-corrected chi connectivity index (χ2v) is 3.92. The second kappa shape index (κ2) is 10.7. The largest absolute Gasteiger partial charge is 0.383 e. The number of methoxy groups -OCH3 is 1. The van der Waals surface area contributed by atoms with Gasteiger partial charge in [0, 0.05) is 26.7 Å². The third kappa shape index (κ3) is 7.51. The molecule has 0 atom stereocenters. The highest BCUT2D eigenvalue weighted by Crippen LogP contribution is 1.99. The Hall–Kier alpha value is -0.770. The Morgan fingerprint density at radius 3 is 2.19 bits per heavy atom. The maximum Gasteiger partial charge on any atom is 0.317 e. The maximum absolute atomic E-state index is 11.8. The Balaban J connectivity index is 3.88. The fourth-order valence-corrected chi connectivity index (χ4v) is 1.38. The summed E-state index contributed by atoms with van der Waals surface area (Å²) < 4.78 is 4.90. The molecule has 0 aliphatic rings. The van der Waals surface area contributed by atoms with Crippen LogP contribution in [-0.4, -0.2) is 44.3 Å². The van der Waals surface area contributed by atoms with Crippen molar-refractivity contribution in [2.24, 2.45) is 0 Å². The van der Waals surface area contributed by atoms with Crippen molar-refractivity contribution in [2.75, 3.05) is 33.4 Å². The molecule has 4 heteroatoms. The number of nitrogens with one attached hydrogen (secondary N) is 1. The molecule has 0 bridgehead atoms. The van der Waals surface area contributed by atoms with Crippen LogP contribution in [-0.2, 0) is 4.74 Å². The van der Waals surface area contributed by atoms with E-state index in [1.165, 1.54) is 0 Å². The van der Waals surface area contributed by atoms with Crippen LogP contribution in [0.3, 0.4) is 0 Å². The summed E-state index contributed by atoms with van der Waals surface area (Å²) in [7, 11) is 1.64. The molecule has 0 spiro atoms. The van der Waals surface area contributed by atoms with Crippen molar-refractivity contribution in [1.82, 2.24) is 10.2 Å². The minimum atomic E-state index is 0.0407. The van der Waals surface area contributed by atoms with Gasteiger partial charge < -0.3 is 15.0 Å². The average Bonchev–Trinajstić information content (AvgIpc) is 2.29. The van der Waals surface area contributed by atoms with Crippen molar-refractivity contribution in [3.05, 3.63) is 0 Å². The van der Waals surface area contributed by atoms with Gasteiger partial charge in [0.25, 0.3) is 0 Å². The van der Waals surface area contributed by atoms with Crippen molar-refractivity contribution < 1.29 is 9.53 Å². The van der Waals surface area contributed by atoms with Crippen LogP contribution in [0.2, 0.25) is 0 Å². The first-order chi connectivity index (χ1) is 7.76. The molecule has 0 saturated heterocycles. The smallest absolute Gasteiger partial charge is 0.317 e. The molecule has 4 nitrogen and oxygen atoms in total. The van der Waals surface area contributed by atoms with Gasteiger partial charge in [-0.25, -0.2) is 4.79 Å². The van der Waals surface area contributed by atoms with E-state index in [1.807, 2.05) is 4.90 Å². The Bertz CT molecular complexity index is 166. The lowest BCUT2D eigenvalue weighted by atomic mass is 10.3. The van der Waals surface area contributed by atoms with E-state index in [0.29, 0.717) is 13.2 Å². The summed E-state index contributed by atoms with van der Waals surface area (Å²) in [5.41, 5.74) is 0. The number of hydrogen-bond acceptors (Lipinski definition) is 2. The average molecular weight is 230 g/mol. The number of nitrogens with zero attached hydrogens (tertiary/aromatic N) is 1. The summed E-state index contributed by atoms with van der Waals surface area (Å²) in [5.74, 6) is 0. The van der Waals surface area contributed by atoms with Crippen LogP contribution < -0.4 is 5.32 Å². The number of carbonyl (C=O) groups excluding carboxylic acids is 1. The van der Waals surface area contributed by atoms with E-state index in [-0.39, 0.29) is 6.03 Å². The normalized spacial score (nSPS) is 10.2. The van der Waals surface area contributed by atoms with Gasteiger partial charge in [0.2, 0.25) is 0 Å². The summed E-state index contributed by atoms with van der Waals surface area (Å²) in [4.78, 5) is 13.7. The van der Waals surface area contributed by atoms with Crippen LogP contribution in [0.4, 0.5) is 4.79 Å². The Kier molecular flexibility index (Phi) is 10.2. The Labute approximate surface area is 99.3 Å². The van der Waals surface area contributed by atoms with Gasteiger partial charge in [-0.1, -0.05) is 26.7 Å². The monoisotopic (exact) mass is 230 g/mol. The standard InChI is InChI=1S/C12H26N2O2/c1-4-6-9-14(10-7-5-2)12(15)13-8-11-16-3/h4-11H2,1-3H3,(H,13,15). The summed E-state index contributed by atoms with van der Waals surface area (Å²) in [6, 6.07) is 0.0407. The zero-order valence-electron chi connectivity index (χ0n) is 10.9. The lowest BCUT2D eigenvalue weighted by Crippen LogP contribution is -2.42. The van der Waals surface area contributed by atoms with E-state index in [2.05, 4.69) is 19.2 Å². The van der Waals surface area contributed by atoms with Gasteiger partial charge in [-0.2, -0.15) is 0 Å². The van der Waals surface area contributed by atoms with Gasteiger partial charge in [0.05, 0.1) is 6.61 Å². The lowest BCUT2D eigenvalue weighted by Gasteiger charge is -2.22. The van der Waals surface area contributed by atoms with Gasteiger partial charge in [-0.05, 0) is 12.8 Å². The number of urea groups is 1. The van der Waals surface area contributed by atoms with Crippen LogP contribution in [0.1, 0.15) is 39.5 Å². The Morgan fingerprint density at radius 1 is 1.19 bits per heavy atom. The van der Waals surface area contributed by atoms with E-state index < -0.39 is 0 Å². The van der Waals surface area contributed by atoms with Gasteiger partial charge >= 0.3 is 6.03 Å². The van der Waals surface area contributed by atoms with Gasteiger partial charge in [0.15, 0.2) is 0 Å². The Morgan fingerprint density at radius 2 is 1.75 bits per heavy atom. The molecule has 0 rings (SSSR count). The molecular weight excluding hydrogens is 204 g/mol. The second-order valence-electron chi connectivity index (χ2n) is 3.92. The summed E-state index contributed by atoms with van der Waals surface area (Å²) in [5, 5.41) is 2.86. The SMILES string of the molecule is CCCCN(CCCC)C(=O)NCCOC. The van der Waals surface area contributed by atoms with Gasteiger partial charge in [-0.3, -0.25) is 0 Å². The molecule has 0 heterocycles. The van der Waals surface area contributed by atoms with Crippen molar-refractivity contribution in [2.45, 2.75) is 39.5 Å². The summed E-state index contributed by atoms with van der Waals surface area (Å²) >= 11 is 0.